The monoisotopic (exact) mass is 279 g/mol. The minimum Gasteiger partial charge on any atom is -0.490 e. The van der Waals surface area contributed by atoms with Crippen LogP contribution in [-0.2, 0) is 4.79 Å². The maximum absolute atomic E-state index is 12.3. The van der Waals surface area contributed by atoms with Crippen molar-refractivity contribution in [1.82, 2.24) is 0 Å². The van der Waals surface area contributed by atoms with Crippen LogP contribution in [0.15, 0.2) is 18.2 Å². The summed E-state index contributed by atoms with van der Waals surface area (Å²) in [7, 11) is 1.75. The van der Waals surface area contributed by atoms with Gasteiger partial charge in [0.05, 0.1) is 11.1 Å². The SMILES string of the molecule is CN1C(=O)C(C)(C)COc2cc(NC(N)=S)ccc21. The summed E-state index contributed by atoms with van der Waals surface area (Å²) in [5, 5.41) is 3.04. The second-order valence-electron chi connectivity index (χ2n) is 5.21. The van der Waals surface area contributed by atoms with E-state index in [2.05, 4.69) is 5.32 Å². The molecule has 0 saturated carbocycles. The number of rotatable bonds is 1. The summed E-state index contributed by atoms with van der Waals surface area (Å²) in [6.07, 6.45) is 0. The molecule has 3 N–H and O–H groups in total. The first-order valence-electron chi connectivity index (χ1n) is 5.93. The van der Waals surface area contributed by atoms with Crippen molar-refractivity contribution in [2.45, 2.75) is 13.8 Å². The van der Waals surface area contributed by atoms with Gasteiger partial charge in [-0.1, -0.05) is 0 Å². The molecule has 2 rings (SSSR count). The molecule has 19 heavy (non-hydrogen) atoms. The highest BCUT2D eigenvalue weighted by Gasteiger charge is 2.36. The van der Waals surface area contributed by atoms with Crippen LogP contribution in [0.3, 0.4) is 0 Å². The smallest absolute Gasteiger partial charge is 0.235 e. The van der Waals surface area contributed by atoms with E-state index in [0.29, 0.717) is 12.4 Å². The number of ether oxygens (including phenoxy) is 1. The Balaban J connectivity index is 2.40. The topological polar surface area (TPSA) is 67.6 Å². The maximum Gasteiger partial charge on any atom is 0.235 e. The van der Waals surface area contributed by atoms with Crippen LogP contribution >= 0.6 is 12.2 Å². The molecule has 1 aliphatic heterocycles. The van der Waals surface area contributed by atoms with Gasteiger partial charge in [0.25, 0.3) is 0 Å². The Bertz CT molecular complexity index is 543. The van der Waals surface area contributed by atoms with E-state index in [9.17, 15) is 4.79 Å². The van der Waals surface area contributed by atoms with Gasteiger partial charge in [-0.2, -0.15) is 0 Å². The van der Waals surface area contributed by atoms with E-state index in [1.165, 1.54) is 0 Å². The van der Waals surface area contributed by atoms with Gasteiger partial charge >= 0.3 is 0 Å². The third-order valence-electron chi connectivity index (χ3n) is 3.06. The first kappa shape index (κ1) is 13.6. The van der Waals surface area contributed by atoms with Gasteiger partial charge in [-0.3, -0.25) is 4.79 Å². The Morgan fingerprint density at radius 3 is 2.84 bits per heavy atom. The average Bonchev–Trinajstić information content (AvgIpc) is 2.40. The van der Waals surface area contributed by atoms with Gasteiger partial charge < -0.3 is 20.7 Å². The van der Waals surface area contributed by atoms with Gasteiger partial charge in [-0.05, 0) is 38.2 Å². The predicted octanol–water partition coefficient (Wildman–Crippen LogP) is 1.72. The molecule has 0 atom stereocenters. The molecule has 1 aromatic carbocycles. The molecule has 0 radical (unpaired) electrons. The maximum atomic E-state index is 12.3. The molecular weight excluding hydrogens is 262 g/mol. The molecule has 102 valence electrons. The van der Waals surface area contributed by atoms with Crippen LogP contribution in [0.2, 0.25) is 0 Å². The summed E-state index contributed by atoms with van der Waals surface area (Å²) in [6.45, 7) is 4.07. The summed E-state index contributed by atoms with van der Waals surface area (Å²) >= 11 is 4.80. The van der Waals surface area contributed by atoms with Gasteiger partial charge in [0.15, 0.2) is 5.11 Å². The first-order valence-corrected chi connectivity index (χ1v) is 6.33. The summed E-state index contributed by atoms with van der Waals surface area (Å²) < 4.78 is 5.74. The van der Waals surface area contributed by atoms with Crippen molar-refractivity contribution in [1.29, 1.82) is 0 Å². The van der Waals surface area contributed by atoms with Gasteiger partial charge in [-0.25, -0.2) is 0 Å². The number of anilines is 2. The zero-order valence-corrected chi connectivity index (χ0v) is 12.0. The Morgan fingerprint density at radius 1 is 1.53 bits per heavy atom. The number of hydrogen-bond acceptors (Lipinski definition) is 3. The quantitative estimate of drug-likeness (QED) is 0.766. The second kappa shape index (κ2) is 4.70. The van der Waals surface area contributed by atoms with Gasteiger partial charge in [0, 0.05) is 18.8 Å². The van der Waals surface area contributed by atoms with Crippen molar-refractivity contribution in [2.24, 2.45) is 11.1 Å². The van der Waals surface area contributed by atoms with Crippen LogP contribution < -0.4 is 20.7 Å². The summed E-state index contributed by atoms with van der Waals surface area (Å²) in [5.74, 6) is 0.670. The predicted molar refractivity (Wildman–Crippen MR) is 79.5 cm³/mol. The van der Waals surface area contributed by atoms with Crippen LogP contribution in [0.4, 0.5) is 11.4 Å². The number of thiocarbonyl (C=S) groups is 1. The van der Waals surface area contributed by atoms with Crippen molar-refractivity contribution in [3.8, 4) is 5.75 Å². The normalized spacial score (nSPS) is 17.2. The lowest BCUT2D eigenvalue weighted by Gasteiger charge is -2.24. The largest absolute Gasteiger partial charge is 0.490 e. The van der Waals surface area contributed by atoms with Crippen molar-refractivity contribution < 1.29 is 9.53 Å². The molecule has 0 unspecified atom stereocenters. The highest BCUT2D eigenvalue weighted by molar-refractivity contribution is 7.80. The zero-order chi connectivity index (χ0) is 14.2. The van der Waals surface area contributed by atoms with Crippen LogP contribution in [0.1, 0.15) is 13.8 Å². The van der Waals surface area contributed by atoms with E-state index in [4.69, 9.17) is 22.7 Å². The molecule has 1 aromatic rings. The zero-order valence-electron chi connectivity index (χ0n) is 11.2. The van der Waals surface area contributed by atoms with Crippen molar-refractivity contribution in [2.75, 3.05) is 23.9 Å². The van der Waals surface area contributed by atoms with Crippen LogP contribution in [-0.4, -0.2) is 24.7 Å². The highest BCUT2D eigenvalue weighted by atomic mass is 32.1. The van der Waals surface area contributed by atoms with Gasteiger partial charge in [0.1, 0.15) is 12.4 Å². The van der Waals surface area contributed by atoms with Gasteiger partial charge in [0.2, 0.25) is 5.91 Å². The fourth-order valence-electron chi connectivity index (χ4n) is 2.01. The molecule has 0 spiro atoms. The lowest BCUT2D eigenvalue weighted by Crippen LogP contribution is -2.39. The molecule has 1 heterocycles. The number of carbonyl (C=O) groups is 1. The van der Waals surface area contributed by atoms with Crippen molar-refractivity contribution in [3.63, 3.8) is 0 Å². The molecule has 0 bridgehead atoms. The third-order valence-corrected chi connectivity index (χ3v) is 3.16. The number of nitrogens with one attached hydrogen (secondary N) is 1. The van der Waals surface area contributed by atoms with E-state index >= 15 is 0 Å². The van der Waals surface area contributed by atoms with E-state index < -0.39 is 5.41 Å². The lowest BCUT2D eigenvalue weighted by atomic mass is 9.93. The van der Waals surface area contributed by atoms with E-state index in [-0.39, 0.29) is 11.0 Å². The van der Waals surface area contributed by atoms with E-state index in [1.54, 1.807) is 18.0 Å². The number of hydrogen-bond donors (Lipinski definition) is 2. The second-order valence-corrected chi connectivity index (χ2v) is 5.65. The number of nitrogens with zero attached hydrogens (tertiary/aromatic N) is 1. The van der Waals surface area contributed by atoms with Crippen LogP contribution in [0, 0.1) is 5.41 Å². The standard InChI is InChI=1S/C13H17N3O2S/c1-13(2)7-18-10-6-8(15-12(14)19)4-5-9(10)16(3)11(13)17/h4-6H,7H2,1-3H3,(H3,14,15,19). The number of amides is 1. The molecule has 6 heteroatoms. The number of benzene rings is 1. The number of carbonyl (C=O) groups excluding carboxylic acids is 1. The average molecular weight is 279 g/mol. The van der Waals surface area contributed by atoms with Crippen molar-refractivity contribution >= 4 is 34.6 Å². The lowest BCUT2D eigenvalue weighted by molar-refractivity contribution is -0.127. The Morgan fingerprint density at radius 2 is 2.21 bits per heavy atom. The molecule has 1 amide bonds. The minimum absolute atomic E-state index is 0.0290. The Kier molecular flexibility index (Phi) is 3.36. The molecule has 1 aliphatic rings. The molecular formula is C13H17N3O2S. The number of nitrogens with two attached hydrogens (primary N) is 1. The highest BCUT2D eigenvalue weighted by Crippen LogP contribution is 2.37. The summed E-state index contributed by atoms with van der Waals surface area (Å²) in [5.41, 5.74) is 6.37. The fourth-order valence-corrected chi connectivity index (χ4v) is 2.13. The number of fused-ring (bicyclic) bond motifs is 1. The van der Waals surface area contributed by atoms with Gasteiger partial charge in [-0.15, -0.1) is 0 Å². The molecule has 0 fully saturated rings. The van der Waals surface area contributed by atoms with Crippen LogP contribution in [0.5, 0.6) is 5.75 Å². The molecule has 0 saturated heterocycles. The van der Waals surface area contributed by atoms with Crippen LogP contribution in [0.25, 0.3) is 0 Å². The van der Waals surface area contributed by atoms with E-state index in [0.717, 1.165) is 11.4 Å². The fraction of sp³-hybridized carbons (Fsp3) is 0.385. The Hall–Kier alpha value is -1.82. The Labute approximate surface area is 117 Å². The first-order chi connectivity index (χ1) is 8.81. The molecule has 5 nitrogen and oxygen atoms in total. The summed E-state index contributed by atoms with van der Waals surface area (Å²) in [6, 6.07) is 5.42. The summed E-state index contributed by atoms with van der Waals surface area (Å²) in [4.78, 5) is 13.9. The molecule has 0 aliphatic carbocycles. The van der Waals surface area contributed by atoms with Crippen molar-refractivity contribution in [3.05, 3.63) is 18.2 Å². The van der Waals surface area contributed by atoms with E-state index in [1.807, 2.05) is 26.0 Å². The minimum atomic E-state index is -0.551. The third kappa shape index (κ3) is 2.63. The molecule has 0 aromatic heterocycles.